The number of thiophene rings is 2. The Morgan fingerprint density at radius 2 is 1.22 bits per heavy atom. The van der Waals surface area contributed by atoms with Crippen LogP contribution in [0.4, 0.5) is 0 Å². The summed E-state index contributed by atoms with van der Waals surface area (Å²) >= 11 is 3.64. The molecular weight excluding hydrogens is 635 g/mol. The highest BCUT2D eigenvalue weighted by Gasteiger charge is 2.24. The molecule has 0 radical (unpaired) electrons. The number of aromatic nitrogens is 3. The maximum absolute atomic E-state index is 5.50. The van der Waals surface area contributed by atoms with E-state index in [4.69, 9.17) is 15.0 Å². The predicted molar refractivity (Wildman–Crippen MR) is 210 cm³/mol. The lowest BCUT2D eigenvalue weighted by Crippen LogP contribution is -2.02. The van der Waals surface area contributed by atoms with E-state index in [0.29, 0.717) is 12.2 Å². The minimum absolute atomic E-state index is 0.632. The van der Waals surface area contributed by atoms with Crippen LogP contribution in [-0.2, 0) is 6.42 Å². The summed E-state index contributed by atoms with van der Waals surface area (Å²) in [5.41, 5.74) is 8.08. The van der Waals surface area contributed by atoms with Crippen molar-refractivity contribution in [3.05, 3.63) is 157 Å². The first-order valence-electron chi connectivity index (χ1n) is 16.4. The third-order valence-corrected chi connectivity index (χ3v) is 11.9. The number of pyridine rings is 1. The van der Waals surface area contributed by atoms with Crippen molar-refractivity contribution in [2.24, 2.45) is 0 Å². The highest BCUT2D eigenvalue weighted by atomic mass is 32.1. The van der Waals surface area contributed by atoms with E-state index in [-0.39, 0.29) is 0 Å². The van der Waals surface area contributed by atoms with Gasteiger partial charge in [-0.1, -0.05) is 128 Å². The molecule has 0 saturated carbocycles. The number of allylic oxidation sites excluding steroid dienone is 5. The SMILES string of the molecule is C=C1/C=C\C=C/Cc2nc(-c3nc(-c4cccc5c4sc4ccccc45)c4ccccc4n3)c3ccccc3c2-c2sc3ccccc3c21. The molecule has 0 N–H and O–H groups in total. The molecule has 0 aliphatic heterocycles. The quantitative estimate of drug-likeness (QED) is 0.185. The van der Waals surface area contributed by atoms with Crippen molar-refractivity contribution in [1.29, 1.82) is 0 Å². The van der Waals surface area contributed by atoms with E-state index in [1.807, 2.05) is 22.7 Å². The number of rotatable bonds is 2. The van der Waals surface area contributed by atoms with Gasteiger partial charge in [-0.3, -0.25) is 0 Å². The van der Waals surface area contributed by atoms with Crippen LogP contribution in [0.15, 0.2) is 146 Å². The monoisotopic (exact) mass is 661 g/mol. The Morgan fingerprint density at radius 3 is 2.08 bits per heavy atom. The largest absolute Gasteiger partial charge is 0.248 e. The zero-order chi connectivity index (χ0) is 32.5. The van der Waals surface area contributed by atoms with Gasteiger partial charge in [0.2, 0.25) is 0 Å². The zero-order valence-corrected chi connectivity index (χ0v) is 28.0. The minimum atomic E-state index is 0.632. The Hall–Kier alpha value is -5.75. The van der Waals surface area contributed by atoms with Crippen molar-refractivity contribution >= 4 is 80.2 Å². The number of nitrogens with zero attached hydrogens (tertiary/aromatic N) is 3. The van der Waals surface area contributed by atoms with Crippen LogP contribution in [0.3, 0.4) is 0 Å². The van der Waals surface area contributed by atoms with Gasteiger partial charge in [0.25, 0.3) is 0 Å². The van der Waals surface area contributed by atoms with Crippen molar-refractivity contribution in [3.8, 4) is 33.2 Å². The van der Waals surface area contributed by atoms with Gasteiger partial charge in [0.1, 0.15) is 5.69 Å². The van der Waals surface area contributed by atoms with Gasteiger partial charge >= 0.3 is 0 Å². The normalized spacial score (nSPS) is 14.4. The van der Waals surface area contributed by atoms with Crippen LogP contribution in [0.2, 0.25) is 0 Å². The number of hydrogen-bond acceptors (Lipinski definition) is 5. The molecule has 4 heterocycles. The standard InChI is InChI=1S/C44H27N3S2/c1-26-14-3-2-4-23-35-39(43-38(26)32-19-9-12-25-37(32)49-43)28-16-5-6-17-29(28)41(45-35)44-46-34-22-10-7-18-31(34)40(47-44)33-21-13-20-30-27-15-8-11-24-36(27)48-42(30)33/h2-22,24-25H,1,23H2/b4-2-,14-3-. The highest BCUT2D eigenvalue weighted by molar-refractivity contribution is 7.26. The molecule has 49 heavy (non-hydrogen) atoms. The van der Waals surface area contributed by atoms with Crippen LogP contribution in [0.25, 0.3) is 90.7 Å². The predicted octanol–water partition coefficient (Wildman–Crippen LogP) is 12.4. The lowest BCUT2D eigenvalue weighted by Gasteiger charge is -2.17. The molecule has 5 aromatic carbocycles. The summed E-state index contributed by atoms with van der Waals surface area (Å²) in [6, 6.07) is 40.8. The van der Waals surface area contributed by atoms with Crippen LogP contribution >= 0.6 is 22.7 Å². The molecule has 0 saturated heterocycles. The first kappa shape index (κ1) is 28.3. The average molecular weight is 662 g/mol. The molecule has 0 fully saturated rings. The van der Waals surface area contributed by atoms with Crippen LogP contribution in [0.1, 0.15) is 11.3 Å². The van der Waals surface area contributed by atoms with E-state index in [1.54, 1.807) is 0 Å². The molecule has 5 heteroatoms. The molecule has 1 aliphatic carbocycles. The van der Waals surface area contributed by atoms with Gasteiger partial charge in [0, 0.05) is 69.0 Å². The minimum Gasteiger partial charge on any atom is -0.248 e. The van der Waals surface area contributed by atoms with Crippen molar-refractivity contribution in [3.63, 3.8) is 0 Å². The van der Waals surface area contributed by atoms with Gasteiger partial charge < -0.3 is 0 Å². The second kappa shape index (κ2) is 11.2. The molecule has 0 atom stereocenters. The highest BCUT2D eigenvalue weighted by Crippen LogP contribution is 2.47. The molecule has 230 valence electrons. The summed E-state index contributed by atoms with van der Waals surface area (Å²) < 4.78 is 3.75. The van der Waals surface area contributed by atoms with E-state index in [1.165, 1.54) is 40.7 Å². The van der Waals surface area contributed by atoms with Crippen LogP contribution in [0.5, 0.6) is 0 Å². The molecule has 9 aromatic rings. The number of fused-ring (bicyclic) bond motifs is 11. The number of benzene rings is 5. The molecule has 0 amide bonds. The molecular formula is C44H27N3S2. The van der Waals surface area contributed by atoms with E-state index in [9.17, 15) is 0 Å². The second-order valence-corrected chi connectivity index (χ2v) is 14.4. The summed E-state index contributed by atoms with van der Waals surface area (Å²) in [5, 5.41) is 6.95. The Morgan fingerprint density at radius 1 is 0.531 bits per heavy atom. The fourth-order valence-corrected chi connectivity index (χ4v) is 9.80. The van der Waals surface area contributed by atoms with Gasteiger partial charge in [-0.05, 0) is 29.2 Å². The van der Waals surface area contributed by atoms with E-state index >= 15 is 0 Å². The molecule has 10 rings (SSSR count). The van der Waals surface area contributed by atoms with Crippen LogP contribution in [0, 0.1) is 0 Å². The van der Waals surface area contributed by atoms with Crippen LogP contribution in [-0.4, -0.2) is 15.0 Å². The van der Waals surface area contributed by atoms with E-state index < -0.39 is 0 Å². The van der Waals surface area contributed by atoms with Crippen LogP contribution < -0.4 is 0 Å². The number of para-hydroxylation sites is 1. The summed E-state index contributed by atoms with van der Waals surface area (Å²) in [6.45, 7) is 4.52. The molecule has 1 aliphatic rings. The number of hydrogen-bond donors (Lipinski definition) is 0. The first-order valence-corrected chi connectivity index (χ1v) is 18.0. The van der Waals surface area contributed by atoms with Crippen molar-refractivity contribution in [1.82, 2.24) is 15.0 Å². The first-order chi connectivity index (χ1) is 24.2. The summed E-state index contributed by atoms with van der Waals surface area (Å²) in [5.74, 6) is 0.632. The van der Waals surface area contributed by atoms with E-state index in [2.05, 4.69) is 146 Å². The van der Waals surface area contributed by atoms with E-state index in [0.717, 1.165) is 55.5 Å². The fourth-order valence-electron chi connectivity index (χ4n) is 7.26. The summed E-state index contributed by atoms with van der Waals surface area (Å²) in [7, 11) is 0. The molecule has 0 spiro atoms. The maximum atomic E-state index is 5.50. The van der Waals surface area contributed by atoms with Gasteiger partial charge in [0.05, 0.1) is 16.9 Å². The van der Waals surface area contributed by atoms with Gasteiger partial charge in [-0.25, -0.2) is 15.0 Å². The third kappa shape index (κ3) is 4.43. The van der Waals surface area contributed by atoms with Gasteiger partial charge in [0.15, 0.2) is 5.82 Å². The Kier molecular flexibility index (Phi) is 6.44. The van der Waals surface area contributed by atoms with Crippen molar-refractivity contribution < 1.29 is 0 Å². The summed E-state index contributed by atoms with van der Waals surface area (Å²) in [6.07, 6.45) is 9.16. The average Bonchev–Trinajstić information content (AvgIpc) is 3.72. The topological polar surface area (TPSA) is 38.7 Å². The lowest BCUT2D eigenvalue weighted by molar-refractivity contribution is 1.10. The van der Waals surface area contributed by atoms with Crippen molar-refractivity contribution in [2.75, 3.05) is 0 Å². The summed E-state index contributed by atoms with van der Waals surface area (Å²) in [4.78, 5) is 17.3. The Bertz CT molecular complexity index is 2890. The van der Waals surface area contributed by atoms with Crippen molar-refractivity contribution in [2.45, 2.75) is 6.42 Å². The Balaban J connectivity index is 1.28. The Labute approximate surface area is 290 Å². The smallest absolute Gasteiger partial charge is 0.179 e. The van der Waals surface area contributed by atoms with Gasteiger partial charge in [-0.2, -0.15) is 0 Å². The molecule has 0 unspecified atom stereocenters. The molecule has 3 nitrogen and oxygen atoms in total. The molecule has 0 bridgehead atoms. The maximum Gasteiger partial charge on any atom is 0.179 e. The fraction of sp³-hybridized carbons (Fsp3) is 0.0227. The third-order valence-electron chi connectivity index (χ3n) is 9.46. The molecule has 4 aromatic heterocycles. The second-order valence-electron chi connectivity index (χ2n) is 12.3. The zero-order valence-electron chi connectivity index (χ0n) is 26.4. The van der Waals surface area contributed by atoms with Gasteiger partial charge in [-0.15, -0.1) is 22.7 Å². The lowest BCUT2D eigenvalue weighted by atomic mass is 9.93.